The summed E-state index contributed by atoms with van der Waals surface area (Å²) in [6, 6.07) is 2.64. The summed E-state index contributed by atoms with van der Waals surface area (Å²) in [6.45, 7) is 8.66. The van der Waals surface area contributed by atoms with Crippen LogP contribution in [-0.2, 0) is 6.54 Å². The van der Waals surface area contributed by atoms with Crippen LogP contribution < -0.4 is 10.6 Å². The lowest BCUT2D eigenvalue weighted by molar-refractivity contribution is 0.0952. The lowest BCUT2D eigenvalue weighted by Gasteiger charge is -2.16. The molecule has 1 aromatic rings. The van der Waals surface area contributed by atoms with Crippen LogP contribution in [0.2, 0.25) is 0 Å². The number of nitrogens with zero attached hydrogens (tertiary/aromatic N) is 1. The minimum atomic E-state index is 0.0514. The maximum atomic E-state index is 12.3. The number of carbonyl (C=O) groups is 1. The molecule has 0 bridgehead atoms. The van der Waals surface area contributed by atoms with E-state index in [-0.39, 0.29) is 5.91 Å². The van der Waals surface area contributed by atoms with Crippen LogP contribution in [0.3, 0.4) is 0 Å². The van der Waals surface area contributed by atoms with Gasteiger partial charge in [-0.15, -0.1) is 0 Å². The number of hydrogen-bond acceptors (Lipinski definition) is 2. The van der Waals surface area contributed by atoms with Gasteiger partial charge in [0.25, 0.3) is 5.91 Å². The van der Waals surface area contributed by atoms with E-state index in [0.717, 1.165) is 30.0 Å². The molecule has 0 radical (unpaired) electrons. The third-order valence-electron chi connectivity index (χ3n) is 4.83. The van der Waals surface area contributed by atoms with Gasteiger partial charge in [0, 0.05) is 37.1 Å². The van der Waals surface area contributed by atoms with Crippen molar-refractivity contribution in [1.29, 1.82) is 0 Å². The van der Waals surface area contributed by atoms with Crippen molar-refractivity contribution >= 4 is 5.91 Å². The topological polar surface area (TPSA) is 46.1 Å². The monoisotopic (exact) mass is 305 g/mol. The molecular formula is C18H31N3O. The zero-order chi connectivity index (χ0) is 15.9. The van der Waals surface area contributed by atoms with Gasteiger partial charge in [0.15, 0.2) is 0 Å². The van der Waals surface area contributed by atoms with Gasteiger partial charge in [-0.25, -0.2) is 0 Å². The molecule has 1 heterocycles. The highest BCUT2D eigenvalue weighted by Gasteiger charge is 2.15. The average molecular weight is 305 g/mol. The van der Waals surface area contributed by atoms with Gasteiger partial charge in [-0.3, -0.25) is 4.79 Å². The van der Waals surface area contributed by atoms with Crippen molar-refractivity contribution in [3.63, 3.8) is 0 Å². The first-order chi connectivity index (χ1) is 10.6. The molecule has 0 atom stereocenters. The summed E-state index contributed by atoms with van der Waals surface area (Å²) in [5.74, 6) is 0.0514. The molecule has 2 rings (SSSR count). The van der Waals surface area contributed by atoms with Gasteiger partial charge in [-0.05, 0) is 39.7 Å². The summed E-state index contributed by atoms with van der Waals surface area (Å²) >= 11 is 0. The first-order valence-corrected chi connectivity index (χ1v) is 8.81. The summed E-state index contributed by atoms with van der Waals surface area (Å²) in [5.41, 5.74) is 3.03. The normalized spacial score (nSPS) is 16.5. The van der Waals surface area contributed by atoms with Crippen molar-refractivity contribution in [3.05, 3.63) is 23.0 Å². The molecule has 1 saturated carbocycles. The van der Waals surface area contributed by atoms with Crippen LogP contribution in [0.5, 0.6) is 0 Å². The molecule has 2 N–H and O–H groups in total. The Bertz CT molecular complexity index is 485. The Kier molecular flexibility index (Phi) is 6.49. The Balaban J connectivity index is 1.76. The zero-order valence-corrected chi connectivity index (χ0v) is 14.4. The molecule has 4 heteroatoms. The summed E-state index contributed by atoms with van der Waals surface area (Å²) < 4.78 is 2.18. The molecule has 0 spiro atoms. The van der Waals surface area contributed by atoms with E-state index in [2.05, 4.69) is 29.0 Å². The van der Waals surface area contributed by atoms with Gasteiger partial charge >= 0.3 is 0 Å². The fraction of sp³-hybridized carbons (Fsp3) is 0.722. The molecule has 0 aliphatic heterocycles. The minimum Gasteiger partial charge on any atom is -0.351 e. The first-order valence-electron chi connectivity index (χ1n) is 8.81. The third-order valence-corrected chi connectivity index (χ3v) is 4.83. The largest absolute Gasteiger partial charge is 0.351 e. The zero-order valence-electron chi connectivity index (χ0n) is 14.4. The maximum Gasteiger partial charge on any atom is 0.253 e. The van der Waals surface area contributed by atoms with Gasteiger partial charge in [0.2, 0.25) is 0 Å². The fourth-order valence-corrected chi connectivity index (χ4v) is 3.55. The van der Waals surface area contributed by atoms with E-state index in [9.17, 15) is 4.79 Å². The molecular weight excluding hydrogens is 274 g/mol. The van der Waals surface area contributed by atoms with E-state index in [1.807, 2.05) is 13.0 Å². The molecule has 124 valence electrons. The first kappa shape index (κ1) is 17.1. The van der Waals surface area contributed by atoms with Crippen molar-refractivity contribution < 1.29 is 4.79 Å². The van der Waals surface area contributed by atoms with Gasteiger partial charge in [-0.1, -0.05) is 25.7 Å². The Morgan fingerprint density at radius 3 is 2.45 bits per heavy atom. The standard InChI is InChI=1S/C18H31N3O/c1-4-21-14(2)13-17(15(21)3)18(22)20-12-11-19-16-9-7-5-6-8-10-16/h13,16,19H,4-12H2,1-3H3,(H,20,22). The second-order valence-corrected chi connectivity index (χ2v) is 6.43. The van der Waals surface area contributed by atoms with Crippen molar-refractivity contribution in [2.45, 2.75) is 71.9 Å². The smallest absolute Gasteiger partial charge is 0.253 e. The number of nitrogens with one attached hydrogen (secondary N) is 2. The van der Waals surface area contributed by atoms with Gasteiger partial charge in [0.1, 0.15) is 0 Å². The summed E-state index contributed by atoms with van der Waals surface area (Å²) in [6.07, 6.45) is 8.00. The Labute approximate surface area is 134 Å². The summed E-state index contributed by atoms with van der Waals surface area (Å²) in [4.78, 5) is 12.3. The second kappa shape index (κ2) is 8.37. The van der Waals surface area contributed by atoms with Gasteiger partial charge in [0.05, 0.1) is 5.56 Å². The second-order valence-electron chi connectivity index (χ2n) is 6.43. The molecule has 1 aliphatic rings. The molecule has 0 aromatic carbocycles. The lowest BCUT2D eigenvalue weighted by atomic mass is 10.1. The van der Waals surface area contributed by atoms with Crippen LogP contribution in [0.4, 0.5) is 0 Å². The van der Waals surface area contributed by atoms with E-state index >= 15 is 0 Å². The average Bonchev–Trinajstić information content (AvgIpc) is 2.70. The van der Waals surface area contributed by atoms with Crippen LogP contribution in [-0.4, -0.2) is 29.6 Å². The fourth-order valence-electron chi connectivity index (χ4n) is 3.55. The quantitative estimate of drug-likeness (QED) is 0.626. The number of amides is 1. The minimum absolute atomic E-state index is 0.0514. The maximum absolute atomic E-state index is 12.3. The highest BCUT2D eigenvalue weighted by molar-refractivity contribution is 5.95. The van der Waals surface area contributed by atoms with E-state index in [4.69, 9.17) is 0 Å². The van der Waals surface area contributed by atoms with Gasteiger partial charge < -0.3 is 15.2 Å². The molecule has 1 fully saturated rings. The number of rotatable bonds is 6. The van der Waals surface area contributed by atoms with Gasteiger partial charge in [-0.2, -0.15) is 0 Å². The summed E-state index contributed by atoms with van der Waals surface area (Å²) in [5, 5.41) is 6.64. The number of aromatic nitrogens is 1. The van der Waals surface area contributed by atoms with Crippen molar-refractivity contribution in [2.24, 2.45) is 0 Å². The molecule has 1 amide bonds. The van der Waals surface area contributed by atoms with Crippen LogP contribution in [0.1, 0.15) is 67.2 Å². The molecule has 22 heavy (non-hydrogen) atoms. The molecule has 4 nitrogen and oxygen atoms in total. The molecule has 0 saturated heterocycles. The van der Waals surface area contributed by atoms with Crippen molar-refractivity contribution in [2.75, 3.05) is 13.1 Å². The summed E-state index contributed by atoms with van der Waals surface area (Å²) in [7, 11) is 0. The van der Waals surface area contributed by atoms with Crippen LogP contribution in [0, 0.1) is 13.8 Å². The van der Waals surface area contributed by atoms with E-state index in [1.54, 1.807) is 0 Å². The number of carbonyl (C=O) groups excluding carboxylic acids is 1. The lowest BCUT2D eigenvalue weighted by Crippen LogP contribution is -2.37. The highest BCUT2D eigenvalue weighted by Crippen LogP contribution is 2.17. The van der Waals surface area contributed by atoms with E-state index in [1.165, 1.54) is 38.5 Å². The van der Waals surface area contributed by atoms with Crippen LogP contribution >= 0.6 is 0 Å². The third kappa shape index (κ3) is 4.35. The number of aryl methyl sites for hydroxylation is 1. The predicted octanol–water partition coefficient (Wildman–Crippen LogP) is 3.17. The van der Waals surface area contributed by atoms with Crippen molar-refractivity contribution in [3.8, 4) is 0 Å². The Morgan fingerprint density at radius 2 is 1.86 bits per heavy atom. The van der Waals surface area contributed by atoms with E-state index in [0.29, 0.717) is 12.6 Å². The molecule has 1 aromatic heterocycles. The molecule has 1 aliphatic carbocycles. The molecule has 0 unspecified atom stereocenters. The SMILES string of the molecule is CCn1c(C)cc(C(=O)NCCNC2CCCCCC2)c1C. The van der Waals surface area contributed by atoms with E-state index < -0.39 is 0 Å². The predicted molar refractivity (Wildman–Crippen MR) is 91.4 cm³/mol. The highest BCUT2D eigenvalue weighted by atomic mass is 16.1. The van der Waals surface area contributed by atoms with Crippen molar-refractivity contribution in [1.82, 2.24) is 15.2 Å². The van der Waals surface area contributed by atoms with Crippen LogP contribution in [0.25, 0.3) is 0 Å². The van der Waals surface area contributed by atoms with Crippen LogP contribution in [0.15, 0.2) is 6.07 Å². The Hall–Kier alpha value is -1.29. The number of hydrogen-bond donors (Lipinski definition) is 2. The Morgan fingerprint density at radius 1 is 1.18 bits per heavy atom.